The van der Waals surface area contributed by atoms with Crippen LogP contribution in [0.5, 0.6) is 0 Å². The molecule has 1 N–H and O–H groups in total. The van der Waals surface area contributed by atoms with Gasteiger partial charge in [-0.05, 0) is 18.2 Å². The van der Waals surface area contributed by atoms with Gasteiger partial charge in [-0.25, -0.2) is 13.2 Å². The van der Waals surface area contributed by atoms with Gasteiger partial charge in [0.25, 0.3) is 5.69 Å². The highest BCUT2D eigenvalue weighted by Gasteiger charge is 2.31. The maximum atomic E-state index is 12.7. The SMILES string of the molecule is O=C(O)c1ccnc2c1CN(S(=O)(=O)c1ccc([N+](=O)[O-])cc1)CC2. The third-order valence-corrected chi connectivity index (χ3v) is 5.85. The average molecular weight is 363 g/mol. The Morgan fingerprint density at radius 1 is 1.24 bits per heavy atom. The normalized spacial score (nSPS) is 14.7. The lowest BCUT2D eigenvalue weighted by molar-refractivity contribution is -0.384. The minimum absolute atomic E-state index is 0.0219. The van der Waals surface area contributed by atoms with Gasteiger partial charge in [-0.15, -0.1) is 0 Å². The van der Waals surface area contributed by atoms with Gasteiger partial charge in [-0.3, -0.25) is 15.1 Å². The van der Waals surface area contributed by atoms with Crippen molar-refractivity contribution in [3.63, 3.8) is 0 Å². The lowest BCUT2D eigenvalue weighted by Crippen LogP contribution is -2.37. The number of sulfonamides is 1. The molecule has 1 aromatic carbocycles. The Labute approximate surface area is 142 Å². The second kappa shape index (κ2) is 6.22. The molecule has 10 heteroatoms. The van der Waals surface area contributed by atoms with E-state index in [4.69, 9.17) is 0 Å². The fourth-order valence-electron chi connectivity index (χ4n) is 2.71. The maximum absolute atomic E-state index is 12.7. The lowest BCUT2D eigenvalue weighted by atomic mass is 10.0. The topological polar surface area (TPSA) is 131 Å². The van der Waals surface area contributed by atoms with Crippen LogP contribution in [0.3, 0.4) is 0 Å². The van der Waals surface area contributed by atoms with E-state index < -0.39 is 20.9 Å². The van der Waals surface area contributed by atoms with Crippen LogP contribution in [0, 0.1) is 10.1 Å². The summed E-state index contributed by atoms with van der Waals surface area (Å²) >= 11 is 0. The number of pyridine rings is 1. The van der Waals surface area contributed by atoms with Gasteiger partial charge < -0.3 is 5.11 Å². The van der Waals surface area contributed by atoms with Crippen molar-refractivity contribution in [2.24, 2.45) is 0 Å². The number of nitro benzene ring substituents is 1. The number of carboxylic acid groups (broad SMARTS) is 1. The predicted molar refractivity (Wildman–Crippen MR) is 85.6 cm³/mol. The molecular formula is C15H13N3O6S. The van der Waals surface area contributed by atoms with E-state index >= 15 is 0 Å². The van der Waals surface area contributed by atoms with Gasteiger partial charge in [0.2, 0.25) is 10.0 Å². The summed E-state index contributed by atoms with van der Waals surface area (Å²) in [5.41, 5.74) is 0.746. The van der Waals surface area contributed by atoms with Crippen LogP contribution < -0.4 is 0 Å². The highest BCUT2D eigenvalue weighted by Crippen LogP contribution is 2.27. The minimum atomic E-state index is -3.90. The molecule has 1 aromatic heterocycles. The predicted octanol–water partition coefficient (Wildman–Crippen LogP) is 1.44. The number of benzene rings is 1. The summed E-state index contributed by atoms with van der Waals surface area (Å²) in [4.78, 5) is 25.5. The van der Waals surface area contributed by atoms with Crippen molar-refractivity contribution in [2.75, 3.05) is 6.54 Å². The molecule has 0 unspecified atom stereocenters. The van der Waals surface area contributed by atoms with E-state index in [0.717, 1.165) is 16.4 Å². The number of fused-ring (bicyclic) bond motifs is 1. The van der Waals surface area contributed by atoms with Gasteiger partial charge in [0.05, 0.1) is 15.4 Å². The quantitative estimate of drug-likeness (QED) is 0.642. The number of carbonyl (C=O) groups is 1. The number of hydrogen-bond acceptors (Lipinski definition) is 6. The Hall–Kier alpha value is -2.85. The largest absolute Gasteiger partial charge is 0.478 e. The first kappa shape index (κ1) is 17.0. The molecule has 3 rings (SSSR count). The second-order valence-corrected chi connectivity index (χ2v) is 7.37. The first-order valence-electron chi connectivity index (χ1n) is 7.25. The molecule has 0 bridgehead atoms. The average Bonchev–Trinajstić information content (AvgIpc) is 2.60. The molecule has 0 radical (unpaired) electrons. The number of rotatable bonds is 4. The van der Waals surface area contributed by atoms with Crippen LogP contribution in [-0.2, 0) is 23.0 Å². The minimum Gasteiger partial charge on any atom is -0.478 e. The van der Waals surface area contributed by atoms with Gasteiger partial charge in [-0.2, -0.15) is 4.31 Å². The van der Waals surface area contributed by atoms with Crippen molar-refractivity contribution >= 4 is 21.7 Å². The van der Waals surface area contributed by atoms with E-state index in [-0.39, 0.29) is 29.2 Å². The number of aromatic carboxylic acids is 1. The summed E-state index contributed by atoms with van der Waals surface area (Å²) in [6, 6.07) is 5.92. The smallest absolute Gasteiger partial charge is 0.336 e. The van der Waals surface area contributed by atoms with Crippen LogP contribution in [0.1, 0.15) is 21.6 Å². The van der Waals surface area contributed by atoms with Crippen LogP contribution in [-0.4, -0.2) is 40.3 Å². The summed E-state index contributed by atoms with van der Waals surface area (Å²) in [6.07, 6.45) is 1.69. The highest BCUT2D eigenvalue weighted by atomic mass is 32.2. The van der Waals surface area contributed by atoms with Crippen LogP contribution in [0.25, 0.3) is 0 Å². The molecular weight excluding hydrogens is 350 g/mol. The Morgan fingerprint density at radius 2 is 1.92 bits per heavy atom. The number of carboxylic acids is 1. The van der Waals surface area contributed by atoms with Crippen LogP contribution in [0.2, 0.25) is 0 Å². The maximum Gasteiger partial charge on any atom is 0.336 e. The van der Waals surface area contributed by atoms with Gasteiger partial charge in [0, 0.05) is 49.1 Å². The number of hydrogen-bond donors (Lipinski definition) is 1. The van der Waals surface area contributed by atoms with Gasteiger partial charge in [0.15, 0.2) is 0 Å². The summed E-state index contributed by atoms with van der Waals surface area (Å²) in [5, 5.41) is 20.0. The Morgan fingerprint density at radius 3 is 2.52 bits per heavy atom. The molecule has 0 saturated heterocycles. The fraction of sp³-hybridized carbons (Fsp3) is 0.200. The zero-order chi connectivity index (χ0) is 18.2. The number of aromatic nitrogens is 1. The molecule has 0 amide bonds. The number of nitro groups is 1. The number of nitrogens with zero attached hydrogens (tertiary/aromatic N) is 3. The molecule has 2 aromatic rings. The van der Waals surface area contributed by atoms with Crippen molar-refractivity contribution < 1.29 is 23.2 Å². The first-order chi connectivity index (χ1) is 11.8. The summed E-state index contributed by atoms with van der Waals surface area (Å²) < 4.78 is 26.7. The van der Waals surface area contributed by atoms with E-state index in [1.165, 1.54) is 24.4 Å². The summed E-state index contributed by atoms with van der Waals surface area (Å²) in [6.45, 7) is 0.0481. The Kier molecular flexibility index (Phi) is 4.23. The fourth-order valence-corrected chi connectivity index (χ4v) is 4.12. The molecule has 0 fully saturated rings. The number of non-ortho nitro benzene ring substituents is 1. The van der Waals surface area contributed by atoms with E-state index in [1.807, 2.05) is 0 Å². The molecule has 1 aliphatic rings. The van der Waals surface area contributed by atoms with Gasteiger partial charge in [-0.1, -0.05) is 0 Å². The van der Waals surface area contributed by atoms with Gasteiger partial charge in [0.1, 0.15) is 0 Å². The van der Waals surface area contributed by atoms with E-state index in [2.05, 4.69) is 4.98 Å². The molecule has 0 atom stereocenters. The van der Waals surface area contributed by atoms with Crippen LogP contribution in [0.4, 0.5) is 5.69 Å². The standard InChI is InChI=1S/C15H13N3O6S/c19-15(20)12-5-7-16-14-6-8-17(9-13(12)14)25(23,24)11-3-1-10(2-4-11)18(21)22/h1-5,7H,6,8-9H2,(H,19,20). The Balaban J connectivity index is 1.95. The van der Waals surface area contributed by atoms with Crippen molar-refractivity contribution in [1.82, 2.24) is 9.29 Å². The van der Waals surface area contributed by atoms with E-state index in [9.17, 15) is 28.4 Å². The second-order valence-electron chi connectivity index (χ2n) is 5.43. The summed E-state index contributed by atoms with van der Waals surface area (Å²) in [7, 11) is -3.90. The van der Waals surface area contributed by atoms with Crippen molar-refractivity contribution in [2.45, 2.75) is 17.9 Å². The highest BCUT2D eigenvalue weighted by molar-refractivity contribution is 7.89. The van der Waals surface area contributed by atoms with Gasteiger partial charge >= 0.3 is 5.97 Å². The Bertz CT molecular complexity index is 956. The van der Waals surface area contributed by atoms with Crippen molar-refractivity contribution in [3.05, 3.63) is 63.5 Å². The molecule has 0 spiro atoms. The molecule has 9 nitrogen and oxygen atoms in total. The monoisotopic (exact) mass is 363 g/mol. The molecule has 130 valence electrons. The molecule has 0 saturated carbocycles. The van der Waals surface area contributed by atoms with Crippen molar-refractivity contribution in [1.29, 1.82) is 0 Å². The van der Waals surface area contributed by atoms with E-state index in [0.29, 0.717) is 17.7 Å². The third-order valence-electron chi connectivity index (χ3n) is 3.99. The zero-order valence-corrected chi connectivity index (χ0v) is 13.6. The molecule has 25 heavy (non-hydrogen) atoms. The lowest BCUT2D eigenvalue weighted by Gasteiger charge is -2.28. The zero-order valence-electron chi connectivity index (χ0n) is 12.8. The third kappa shape index (κ3) is 3.08. The molecule has 2 heterocycles. The summed E-state index contributed by atoms with van der Waals surface area (Å²) in [5.74, 6) is -1.15. The van der Waals surface area contributed by atoms with Crippen LogP contribution in [0.15, 0.2) is 41.4 Å². The van der Waals surface area contributed by atoms with Crippen molar-refractivity contribution in [3.8, 4) is 0 Å². The van der Waals surface area contributed by atoms with E-state index in [1.54, 1.807) is 0 Å². The first-order valence-corrected chi connectivity index (χ1v) is 8.69. The van der Waals surface area contributed by atoms with Crippen LogP contribution >= 0.6 is 0 Å². The molecule has 1 aliphatic heterocycles. The molecule has 0 aliphatic carbocycles.